The third kappa shape index (κ3) is 6.30. The third-order valence-electron chi connectivity index (χ3n) is 3.76. The molecule has 0 heterocycles. The van der Waals surface area contributed by atoms with E-state index in [0.29, 0.717) is 36.0 Å². The molecule has 2 aromatic carbocycles. The van der Waals surface area contributed by atoms with Gasteiger partial charge in [-0.2, -0.15) is 0 Å². The Balaban J connectivity index is 1.96. The maximum absolute atomic E-state index is 12.5. The number of hydrogen-bond donors (Lipinski definition) is 1. The van der Waals surface area contributed by atoms with Crippen molar-refractivity contribution >= 4 is 17.6 Å². The highest BCUT2D eigenvalue weighted by atomic mass is 16.6. The normalized spacial score (nSPS) is 11.6. The van der Waals surface area contributed by atoms with Crippen LogP contribution in [0.15, 0.2) is 48.5 Å². The largest absolute Gasteiger partial charge is 0.492 e. The van der Waals surface area contributed by atoms with Gasteiger partial charge in [0.2, 0.25) is 0 Å². The summed E-state index contributed by atoms with van der Waals surface area (Å²) in [5.41, 5.74) is 1.07. The summed E-state index contributed by atoms with van der Waals surface area (Å²) in [6.07, 6.45) is -0.725. The van der Waals surface area contributed by atoms with Crippen LogP contribution in [-0.2, 0) is 9.53 Å². The monoisotopic (exact) mass is 385 g/mol. The van der Waals surface area contributed by atoms with Crippen LogP contribution < -0.4 is 14.8 Å². The van der Waals surface area contributed by atoms with Crippen molar-refractivity contribution in [2.24, 2.45) is 5.92 Å². The number of esters is 1. The number of hydrogen-bond acceptors (Lipinski definition) is 5. The lowest BCUT2D eigenvalue weighted by Gasteiger charge is -2.15. The molecule has 1 N–H and O–H groups in total. The van der Waals surface area contributed by atoms with Gasteiger partial charge in [0.05, 0.1) is 18.9 Å². The molecular weight excluding hydrogens is 358 g/mol. The number of benzene rings is 2. The number of carbonyl (C=O) groups excluding carboxylic acids is 2. The van der Waals surface area contributed by atoms with Crippen molar-refractivity contribution < 1.29 is 23.8 Å². The van der Waals surface area contributed by atoms with Crippen LogP contribution in [0.25, 0.3) is 0 Å². The molecule has 0 aliphatic heterocycles. The standard InChI is InChI=1S/C22H27NO5/c1-5-26-20-9-7-6-8-19(20)23-21(24)17-10-12-18(13-11-17)28-16(4)22(25)27-14-15(2)3/h6-13,15-16H,5,14H2,1-4H3,(H,23,24). The van der Waals surface area contributed by atoms with E-state index in [4.69, 9.17) is 14.2 Å². The maximum atomic E-state index is 12.5. The lowest BCUT2D eigenvalue weighted by Crippen LogP contribution is -2.27. The molecule has 0 radical (unpaired) electrons. The van der Waals surface area contributed by atoms with E-state index >= 15 is 0 Å². The number of amides is 1. The van der Waals surface area contributed by atoms with Gasteiger partial charge in [-0.05, 0) is 56.2 Å². The van der Waals surface area contributed by atoms with Crippen LogP contribution >= 0.6 is 0 Å². The molecule has 6 nitrogen and oxygen atoms in total. The smallest absolute Gasteiger partial charge is 0.347 e. The fourth-order valence-electron chi connectivity index (χ4n) is 2.35. The second kappa shape index (κ2) is 10.3. The number of nitrogens with one attached hydrogen (secondary N) is 1. The molecule has 1 amide bonds. The Morgan fingerprint density at radius 1 is 1.00 bits per heavy atom. The highest BCUT2D eigenvalue weighted by Gasteiger charge is 2.17. The minimum Gasteiger partial charge on any atom is -0.492 e. The van der Waals surface area contributed by atoms with Crippen molar-refractivity contribution in [1.29, 1.82) is 0 Å². The van der Waals surface area contributed by atoms with E-state index < -0.39 is 12.1 Å². The Bertz CT molecular complexity index is 786. The molecule has 0 bridgehead atoms. The van der Waals surface area contributed by atoms with Gasteiger partial charge in [-0.25, -0.2) is 4.79 Å². The van der Waals surface area contributed by atoms with Crippen molar-refractivity contribution in [3.05, 3.63) is 54.1 Å². The summed E-state index contributed by atoms with van der Waals surface area (Å²) in [4.78, 5) is 24.4. The number of carbonyl (C=O) groups is 2. The molecule has 6 heteroatoms. The fraction of sp³-hybridized carbons (Fsp3) is 0.364. The van der Waals surface area contributed by atoms with Crippen molar-refractivity contribution in [2.75, 3.05) is 18.5 Å². The van der Waals surface area contributed by atoms with Crippen molar-refractivity contribution in [3.63, 3.8) is 0 Å². The Kier molecular flexibility index (Phi) is 7.87. The van der Waals surface area contributed by atoms with Crippen molar-refractivity contribution in [3.8, 4) is 11.5 Å². The predicted molar refractivity (Wildman–Crippen MR) is 108 cm³/mol. The van der Waals surface area contributed by atoms with Gasteiger partial charge in [-0.1, -0.05) is 26.0 Å². The first-order chi connectivity index (χ1) is 13.4. The topological polar surface area (TPSA) is 73.9 Å². The first kappa shape index (κ1) is 21.3. The Labute approximate surface area is 165 Å². The first-order valence-electron chi connectivity index (χ1n) is 9.37. The van der Waals surface area contributed by atoms with Gasteiger partial charge in [0, 0.05) is 5.56 Å². The number of rotatable bonds is 9. The Morgan fingerprint density at radius 2 is 1.68 bits per heavy atom. The molecule has 1 atom stereocenters. The van der Waals surface area contributed by atoms with Crippen LogP contribution in [0.5, 0.6) is 11.5 Å². The molecule has 0 aliphatic rings. The summed E-state index contributed by atoms with van der Waals surface area (Å²) in [5.74, 6) is 0.695. The van der Waals surface area contributed by atoms with Crippen LogP contribution in [0, 0.1) is 5.92 Å². The summed E-state index contributed by atoms with van der Waals surface area (Å²) in [6.45, 7) is 8.32. The Hall–Kier alpha value is -3.02. The number of anilines is 1. The molecule has 0 fully saturated rings. The molecule has 2 aromatic rings. The van der Waals surface area contributed by atoms with E-state index in [0.717, 1.165) is 0 Å². The summed E-state index contributed by atoms with van der Waals surface area (Å²) in [7, 11) is 0. The summed E-state index contributed by atoms with van der Waals surface area (Å²) < 4.78 is 16.3. The van der Waals surface area contributed by atoms with E-state index in [1.807, 2.05) is 32.9 Å². The molecule has 1 unspecified atom stereocenters. The van der Waals surface area contributed by atoms with E-state index in [-0.39, 0.29) is 11.8 Å². The zero-order chi connectivity index (χ0) is 20.5. The van der Waals surface area contributed by atoms with Gasteiger partial charge in [0.1, 0.15) is 11.5 Å². The lowest BCUT2D eigenvalue weighted by atomic mass is 10.2. The average molecular weight is 385 g/mol. The lowest BCUT2D eigenvalue weighted by molar-refractivity contribution is -0.152. The van der Waals surface area contributed by atoms with Gasteiger partial charge in [-0.15, -0.1) is 0 Å². The molecule has 0 aliphatic carbocycles. The van der Waals surface area contributed by atoms with Crippen molar-refractivity contribution in [1.82, 2.24) is 0 Å². The van der Waals surface area contributed by atoms with E-state index in [9.17, 15) is 9.59 Å². The highest BCUT2D eigenvalue weighted by molar-refractivity contribution is 6.05. The zero-order valence-corrected chi connectivity index (χ0v) is 16.7. The second-order valence-electron chi connectivity index (χ2n) is 6.69. The molecule has 150 valence electrons. The SMILES string of the molecule is CCOc1ccccc1NC(=O)c1ccc(OC(C)C(=O)OCC(C)C)cc1. The molecule has 0 aromatic heterocycles. The molecule has 28 heavy (non-hydrogen) atoms. The van der Waals surface area contributed by atoms with E-state index in [1.54, 1.807) is 43.3 Å². The van der Waals surface area contributed by atoms with E-state index in [1.165, 1.54) is 0 Å². The Morgan fingerprint density at radius 3 is 2.32 bits per heavy atom. The number of para-hydroxylation sites is 2. The molecule has 0 saturated heterocycles. The van der Waals surface area contributed by atoms with E-state index in [2.05, 4.69) is 5.32 Å². The minimum absolute atomic E-state index is 0.261. The van der Waals surface area contributed by atoms with Crippen LogP contribution in [0.3, 0.4) is 0 Å². The highest BCUT2D eigenvalue weighted by Crippen LogP contribution is 2.24. The van der Waals surface area contributed by atoms with Crippen LogP contribution in [0.2, 0.25) is 0 Å². The molecular formula is C22H27NO5. The van der Waals surface area contributed by atoms with Gasteiger partial charge in [0.25, 0.3) is 5.91 Å². The summed E-state index contributed by atoms with van der Waals surface area (Å²) >= 11 is 0. The summed E-state index contributed by atoms with van der Waals surface area (Å²) in [5, 5.41) is 2.84. The predicted octanol–water partition coefficient (Wildman–Crippen LogP) is 4.30. The van der Waals surface area contributed by atoms with Crippen LogP contribution in [-0.4, -0.2) is 31.2 Å². The minimum atomic E-state index is -0.725. The molecule has 0 saturated carbocycles. The second-order valence-corrected chi connectivity index (χ2v) is 6.69. The maximum Gasteiger partial charge on any atom is 0.347 e. The fourth-order valence-corrected chi connectivity index (χ4v) is 2.35. The first-order valence-corrected chi connectivity index (χ1v) is 9.37. The summed E-state index contributed by atoms with van der Waals surface area (Å²) in [6, 6.07) is 13.8. The van der Waals surface area contributed by atoms with Gasteiger partial charge < -0.3 is 19.5 Å². The van der Waals surface area contributed by atoms with Crippen molar-refractivity contribution in [2.45, 2.75) is 33.8 Å². The van der Waals surface area contributed by atoms with Crippen LogP contribution in [0.1, 0.15) is 38.1 Å². The number of ether oxygens (including phenoxy) is 3. The van der Waals surface area contributed by atoms with Gasteiger partial charge in [-0.3, -0.25) is 4.79 Å². The zero-order valence-electron chi connectivity index (χ0n) is 16.7. The molecule has 2 rings (SSSR count). The average Bonchev–Trinajstić information content (AvgIpc) is 2.68. The third-order valence-corrected chi connectivity index (χ3v) is 3.76. The van der Waals surface area contributed by atoms with Gasteiger partial charge in [0.15, 0.2) is 6.10 Å². The van der Waals surface area contributed by atoms with Crippen LogP contribution in [0.4, 0.5) is 5.69 Å². The quantitative estimate of drug-likeness (QED) is 0.651. The molecule has 0 spiro atoms. The van der Waals surface area contributed by atoms with Gasteiger partial charge >= 0.3 is 5.97 Å².